The number of benzene rings is 2. The molecule has 1 unspecified atom stereocenters. The molecule has 1 amide bonds. The summed E-state index contributed by atoms with van der Waals surface area (Å²) in [5.74, 6) is -0.145. The van der Waals surface area contributed by atoms with Gasteiger partial charge in [-0.1, -0.05) is 38.1 Å². The molecule has 1 N–H and O–H groups in total. The molecule has 0 saturated carbocycles. The number of sulfonamides is 1. The Morgan fingerprint density at radius 2 is 1.56 bits per heavy atom. The molecule has 0 aliphatic rings. The summed E-state index contributed by atoms with van der Waals surface area (Å²) in [5.41, 5.74) is 2.78. The average molecular weight is 389 g/mol. The lowest BCUT2D eigenvalue weighted by Gasteiger charge is -2.18. The second kappa shape index (κ2) is 9.15. The number of nitrogens with one attached hydrogen (secondary N) is 1. The van der Waals surface area contributed by atoms with Gasteiger partial charge in [-0.2, -0.15) is 0 Å². The van der Waals surface area contributed by atoms with Crippen molar-refractivity contribution >= 4 is 15.9 Å². The van der Waals surface area contributed by atoms with Crippen LogP contribution in [0.1, 0.15) is 48.7 Å². The van der Waals surface area contributed by atoms with Gasteiger partial charge in [0.25, 0.3) is 5.91 Å². The molecule has 1 atom stereocenters. The van der Waals surface area contributed by atoms with Crippen LogP contribution >= 0.6 is 0 Å². The van der Waals surface area contributed by atoms with Crippen molar-refractivity contribution in [2.45, 2.75) is 51.1 Å². The highest BCUT2D eigenvalue weighted by Crippen LogP contribution is 2.14. The molecule has 5 nitrogen and oxygen atoms in total. The van der Waals surface area contributed by atoms with E-state index in [4.69, 9.17) is 0 Å². The van der Waals surface area contributed by atoms with E-state index in [0.29, 0.717) is 18.5 Å². The van der Waals surface area contributed by atoms with E-state index >= 15 is 0 Å². The Morgan fingerprint density at radius 1 is 1.00 bits per heavy atom. The van der Waals surface area contributed by atoms with Crippen LogP contribution in [0.4, 0.5) is 0 Å². The predicted molar refractivity (Wildman–Crippen MR) is 108 cm³/mol. The van der Waals surface area contributed by atoms with E-state index in [1.54, 1.807) is 24.1 Å². The van der Waals surface area contributed by atoms with E-state index in [-0.39, 0.29) is 16.8 Å². The minimum atomic E-state index is -3.56. The average Bonchev–Trinajstić information content (AvgIpc) is 2.67. The molecule has 27 heavy (non-hydrogen) atoms. The van der Waals surface area contributed by atoms with Crippen molar-refractivity contribution < 1.29 is 13.2 Å². The molecule has 2 rings (SSSR count). The Balaban J connectivity index is 2.07. The zero-order valence-electron chi connectivity index (χ0n) is 16.4. The molecule has 0 fully saturated rings. The van der Waals surface area contributed by atoms with Crippen molar-refractivity contribution in [1.82, 2.24) is 9.62 Å². The maximum atomic E-state index is 12.6. The van der Waals surface area contributed by atoms with Crippen molar-refractivity contribution in [3.05, 3.63) is 65.2 Å². The van der Waals surface area contributed by atoms with Crippen LogP contribution in [-0.2, 0) is 23.0 Å². The van der Waals surface area contributed by atoms with Crippen LogP contribution in [0.5, 0.6) is 0 Å². The van der Waals surface area contributed by atoms with Crippen LogP contribution in [-0.4, -0.2) is 32.3 Å². The van der Waals surface area contributed by atoms with Gasteiger partial charge in [0.2, 0.25) is 10.0 Å². The van der Waals surface area contributed by atoms with Gasteiger partial charge in [-0.15, -0.1) is 0 Å². The number of amides is 1. The summed E-state index contributed by atoms with van der Waals surface area (Å²) in [4.78, 5) is 14.4. The van der Waals surface area contributed by atoms with E-state index < -0.39 is 10.0 Å². The van der Waals surface area contributed by atoms with Crippen LogP contribution in [0.15, 0.2) is 53.4 Å². The molecular formula is C21H28N2O3S. The summed E-state index contributed by atoms with van der Waals surface area (Å²) in [6.07, 6.45) is 1.69. The molecule has 6 heteroatoms. The highest BCUT2D eigenvalue weighted by Gasteiger charge is 2.18. The normalized spacial score (nSPS) is 12.6. The number of carbonyl (C=O) groups excluding carboxylic acids is 1. The molecular weight excluding hydrogens is 360 g/mol. The second-order valence-electron chi connectivity index (χ2n) is 6.79. The quantitative estimate of drug-likeness (QED) is 0.751. The molecule has 0 saturated heterocycles. The summed E-state index contributed by atoms with van der Waals surface area (Å²) in [6.45, 7) is 6.34. The summed E-state index contributed by atoms with van der Waals surface area (Å²) in [6, 6.07) is 14.1. The van der Waals surface area contributed by atoms with Crippen molar-refractivity contribution in [2.24, 2.45) is 0 Å². The Kier molecular flexibility index (Phi) is 7.16. The fourth-order valence-electron chi connectivity index (χ4n) is 2.64. The lowest BCUT2D eigenvalue weighted by molar-refractivity contribution is 0.0785. The van der Waals surface area contributed by atoms with Crippen LogP contribution in [0.3, 0.4) is 0 Å². The van der Waals surface area contributed by atoms with E-state index in [9.17, 15) is 13.2 Å². The molecule has 146 valence electrons. The second-order valence-corrected chi connectivity index (χ2v) is 8.50. The molecule has 0 aliphatic carbocycles. The van der Waals surface area contributed by atoms with Gasteiger partial charge < -0.3 is 4.90 Å². The molecule has 0 spiro atoms. The molecule has 0 radical (unpaired) electrons. The van der Waals surface area contributed by atoms with E-state index in [0.717, 1.165) is 12.0 Å². The maximum absolute atomic E-state index is 12.6. The zero-order valence-corrected chi connectivity index (χ0v) is 17.2. The number of nitrogens with zero attached hydrogens (tertiary/aromatic N) is 1. The fraction of sp³-hybridized carbons (Fsp3) is 0.381. The lowest BCUT2D eigenvalue weighted by atomic mass is 10.1. The fourth-order valence-corrected chi connectivity index (χ4v) is 3.97. The van der Waals surface area contributed by atoms with E-state index in [1.807, 2.05) is 26.0 Å². The number of hydrogen-bond acceptors (Lipinski definition) is 3. The zero-order chi connectivity index (χ0) is 20.0. The first-order chi connectivity index (χ1) is 12.8. The van der Waals surface area contributed by atoms with Crippen molar-refractivity contribution in [2.75, 3.05) is 7.05 Å². The summed E-state index contributed by atoms with van der Waals surface area (Å²) >= 11 is 0. The van der Waals surface area contributed by atoms with Crippen molar-refractivity contribution in [1.29, 1.82) is 0 Å². The number of carbonyl (C=O) groups is 1. The maximum Gasteiger partial charge on any atom is 0.253 e. The molecule has 0 aliphatic heterocycles. The smallest absolute Gasteiger partial charge is 0.253 e. The van der Waals surface area contributed by atoms with Gasteiger partial charge in [0.05, 0.1) is 4.90 Å². The molecule has 0 bridgehead atoms. The molecule has 0 heterocycles. The number of aryl methyl sites for hydroxylation is 1. The Bertz CT molecular complexity index is 859. The van der Waals surface area contributed by atoms with E-state index in [1.165, 1.54) is 17.7 Å². The van der Waals surface area contributed by atoms with Gasteiger partial charge in [0.1, 0.15) is 0 Å². The van der Waals surface area contributed by atoms with Gasteiger partial charge in [0, 0.05) is 25.2 Å². The molecule has 0 aromatic heterocycles. The van der Waals surface area contributed by atoms with Gasteiger partial charge >= 0.3 is 0 Å². The van der Waals surface area contributed by atoms with Crippen molar-refractivity contribution in [3.63, 3.8) is 0 Å². The number of rotatable bonds is 8. The summed E-state index contributed by atoms with van der Waals surface area (Å²) in [5, 5.41) is 0. The first kappa shape index (κ1) is 21.1. The first-order valence-electron chi connectivity index (χ1n) is 9.22. The number of hydrogen-bond donors (Lipinski definition) is 1. The minimum Gasteiger partial charge on any atom is -0.337 e. The summed E-state index contributed by atoms with van der Waals surface area (Å²) < 4.78 is 27.2. The topological polar surface area (TPSA) is 66.5 Å². The SMILES string of the molecule is CCc1ccc(CN(C)C(=O)c2ccc(S(=O)(=O)NC(C)CC)cc2)cc1. The Hall–Kier alpha value is -2.18. The largest absolute Gasteiger partial charge is 0.337 e. The standard InChI is InChI=1S/C21H28N2O3S/c1-5-16(3)22-27(25,26)20-13-11-19(12-14-20)21(24)23(4)15-18-9-7-17(6-2)8-10-18/h7-14,16,22H,5-6,15H2,1-4H3. The van der Waals surface area contributed by atoms with Crippen molar-refractivity contribution in [3.8, 4) is 0 Å². The van der Waals surface area contributed by atoms with Gasteiger partial charge in [-0.05, 0) is 55.2 Å². The van der Waals surface area contributed by atoms with Crippen LogP contribution in [0.25, 0.3) is 0 Å². The lowest BCUT2D eigenvalue weighted by Crippen LogP contribution is -2.32. The van der Waals surface area contributed by atoms with Crippen LogP contribution in [0.2, 0.25) is 0 Å². The Morgan fingerprint density at radius 3 is 2.07 bits per heavy atom. The van der Waals surface area contributed by atoms with Crippen LogP contribution < -0.4 is 4.72 Å². The monoisotopic (exact) mass is 388 g/mol. The highest BCUT2D eigenvalue weighted by atomic mass is 32.2. The van der Waals surface area contributed by atoms with Gasteiger partial charge in [-0.25, -0.2) is 13.1 Å². The molecule has 2 aromatic rings. The highest BCUT2D eigenvalue weighted by molar-refractivity contribution is 7.89. The third-order valence-electron chi connectivity index (χ3n) is 4.58. The third kappa shape index (κ3) is 5.65. The minimum absolute atomic E-state index is 0.137. The molecule has 2 aromatic carbocycles. The van der Waals surface area contributed by atoms with E-state index in [2.05, 4.69) is 23.8 Å². The summed E-state index contributed by atoms with van der Waals surface area (Å²) in [7, 11) is -1.82. The Labute approximate surface area is 162 Å². The predicted octanol–water partition coefficient (Wildman–Crippen LogP) is 3.60. The van der Waals surface area contributed by atoms with Gasteiger partial charge in [-0.3, -0.25) is 4.79 Å². The third-order valence-corrected chi connectivity index (χ3v) is 6.18. The van der Waals surface area contributed by atoms with Crippen LogP contribution in [0, 0.1) is 0 Å². The first-order valence-corrected chi connectivity index (χ1v) is 10.7. The van der Waals surface area contributed by atoms with Gasteiger partial charge in [0.15, 0.2) is 0 Å².